The van der Waals surface area contributed by atoms with Crippen LogP contribution in [0.25, 0.3) is 0 Å². The summed E-state index contributed by atoms with van der Waals surface area (Å²) < 4.78 is 5.71. The summed E-state index contributed by atoms with van der Waals surface area (Å²) in [6.45, 7) is 2.62. The number of aliphatic hydroxyl groups is 1. The highest BCUT2D eigenvalue weighted by Crippen LogP contribution is 2.20. The first kappa shape index (κ1) is 17.9. The zero-order chi connectivity index (χ0) is 17.5. The Hall–Kier alpha value is -1.88. The molecule has 0 saturated heterocycles. The van der Waals surface area contributed by atoms with Crippen LogP contribution in [0.2, 0.25) is 0 Å². The first-order chi connectivity index (χ1) is 12.2. The van der Waals surface area contributed by atoms with Crippen molar-refractivity contribution in [2.45, 2.75) is 38.1 Å². The highest BCUT2D eigenvalue weighted by molar-refractivity contribution is 5.27. The topological polar surface area (TPSA) is 44.7 Å². The Bertz CT molecular complexity index is 626. The van der Waals surface area contributed by atoms with Crippen LogP contribution < -0.4 is 10.1 Å². The SMILES string of the molecule is CN(Cc1ccccc1)C[C@H](O)COc1ccc(CNC2CC2)cc1. The average molecular weight is 340 g/mol. The van der Waals surface area contributed by atoms with Gasteiger partial charge in [0.05, 0.1) is 0 Å². The van der Waals surface area contributed by atoms with Crippen molar-refractivity contribution in [1.82, 2.24) is 10.2 Å². The van der Waals surface area contributed by atoms with Crippen LogP contribution in [0.3, 0.4) is 0 Å². The summed E-state index contributed by atoms with van der Waals surface area (Å²) in [5.41, 5.74) is 2.51. The molecule has 0 bridgehead atoms. The molecule has 1 fully saturated rings. The summed E-state index contributed by atoms with van der Waals surface area (Å²) in [7, 11) is 2.01. The molecular weight excluding hydrogens is 312 g/mol. The molecule has 0 spiro atoms. The van der Waals surface area contributed by atoms with Crippen LogP contribution in [0.5, 0.6) is 5.75 Å². The summed E-state index contributed by atoms with van der Waals surface area (Å²) in [5.74, 6) is 0.805. The van der Waals surface area contributed by atoms with Gasteiger partial charge in [-0.1, -0.05) is 42.5 Å². The molecule has 0 aliphatic heterocycles. The van der Waals surface area contributed by atoms with Gasteiger partial charge in [0.2, 0.25) is 0 Å². The van der Waals surface area contributed by atoms with Crippen LogP contribution in [0.4, 0.5) is 0 Å². The van der Waals surface area contributed by atoms with Gasteiger partial charge in [-0.3, -0.25) is 4.90 Å². The van der Waals surface area contributed by atoms with Crippen LogP contribution in [0.15, 0.2) is 54.6 Å². The van der Waals surface area contributed by atoms with Crippen LogP contribution in [0, 0.1) is 0 Å². The normalized spacial score (nSPS) is 15.3. The average Bonchev–Trinajstić information content (AvgIpc) is 3.44. The molecule has 0 radical (unpaired) electrons. The van der Waals surface area contributed by atoms with Crippen LogP contribution in [0.1, 0.15) is 24.0 Å². The minimum atomic E-state index is -0.509. The van der Waals surface area contributed by atoms with Gasteiger partial charge in [0.15, 0.2) is 0 Å². The van der Waals surface area contributed by atoms with Crippen molar-refractivity contribution in [3.05, 3.63) is 65.7 Å². The molecule has 1 saturated carbocycles. The van der Waals surface area contributed by atoms with E-state index in [0.717, 1.165) is 24.9 Å². The number of benzene rings is 2. The maximum atomic E-state index is 10.2. The third kappa shape index (κ3) is 6.50. The highest BCUT2D eigenvalue weighted by Gasteiger charge is 2.19. The van der Waals surface area contributed by atoms with E-state index in [9.17, 15) is 5.11 Å². The molecule has 25 heavy (non-hydrogen) atoms. The van der Waals surface area contributed by atoms with Crippen LogP contribution in [-0.2, 0) is 13.1 Å². The summed E-state index contributed by atoms with van der Waals surface area (Å²) in [6, 6.07) is 19.1. The molecule has 0 amide bonds. The molecule has 2 aromatic carbocycles. The van der Waals surface area contributed by atoms with Gasteiger partial charge in [-0.25, -0.2) is 0 Å². The lowest BCUT2D eigenvalue weighted by Gasteiger charge is -2.21. The van der Waals surface area contributed by atoms with Gasteiger partial charge in [0.1, 0.15) is 18.5 Å². The van der Waals surface area contributed by atoms with Crippen LogP contribution in [-0.4, -0.2) is 42.4 Å². The number of nitrogens with zero attached hydrogens (tertiary/aromatic N) is 1. The molecule has 1 aliphatic rings. The number of ether oxygens (including phenoxy) is 1. The third-order valence-corrected chi connectivity index (χ3v) is 4.36. The van der Waals surface area contributed by atoms with E-state index in [2.05, 4.69) is 34.5 Å². The molecule has 3 rings (SSSR count). The molecule has 0 aromatic heterocycles. The van der Waals surface area contributed by atoms with Gasteiger partial charge < -0.3 is 15.2 Å². The molecule has 2 aromatic rings. The maximum Gasteiger partial charge on any atom is 0.119 e. The molecule has 0 unspecified atom stereocenters. The number of aliphatic hydroxyl groups excluding tert-OH is 1. The van der Waals surface area contributed by atoms with E-state index in [4.69, 9.17) is 4.74 Å². The number of rotatable bonds is 10. The zero-order valence-electron chi connectivity index (χ0n) is 14.9. The fraction of sp³-hybridized carbons (Fsp3) is 0.429. The first-order valence-corrected chi connectivity index (χ1v) is 9.05. The zero-order valence-corrected chi connectivity index (χ0v) is 14.9. The number of likely N-dealkylation sites (N-methyl/N-ethyl adjacent to an activating group) is 1. The number of hydrogen-bond acceptors (Lipinski definition) is 4. The highest BCUT2D eigenvalue weighted by atomic mass is 16.5. The third-order valence-electron chi connectivity index (χ3n) is 4.36. The second-order valence-electron chi connectivity index (χ2n) is 6.95. The lowest BCUT2D eigenvalue weighted by atomic mass is 10.2. The van der Waals surface area contributed by atoms with E-state index in [1.807, 2.05) is 37.4 Å². The summed E-state index contributed by atoms with van der Waals surface area (Å²) in [6.07, 6.45) is 2.10. The van der Waals surface area contributed by atoms with Gasteiger partial charge in [0.25, 0.3) is 0 Å². The summed E-state index contributed by atoms with van der Waals surface area (Å²) >= 11 is 0. The molecule has 4 nitrogen and oxygen atoms in total. The van der Waals surface area contributed by atoms with Crippen molar-refractivity contribution in [2.24, 2.45) is 0 Å². The van der Waals surface area contributed by atoms with Crippen molar-refractivity contribution in [3.63, 3.8) is 0 Å². The largest absolute Gasteiger partial charge is 0.491 e. The van der Waals surface area contributed by atoms with E-state index in [-0.39, 0.29) is 0 Å². The predicted molar refractivity (Wildman–Crippen MR) is 101 cm³/mol. The Balaban J connectivity index is 1.36. The number of hydrogen-bond donors (Lipinski definition) is 2. The lowest BCUT2D eigenvalue weighted by Crippen LogP contribution is -2.32. The van der Waals surface area contributed by atoms with Gasteiger partial charge in [-0.15, -0.1) is 0 Å². The molecule has 0 heterocycles. The minimum Gasteiger partial charge on any atom is -0.491 e. The maximum absolute atomic E-state index is 10.2. The summed E-state index contributed by atoms with van der Waals surface area (Å²) in [5, 5.41) is 13.7. The molecule has 2 N–H and O–H groups in total. The van der Waals surface area contributed by atoms with Gasteiger partial charge >= 0.3 is 0 Å². The van der Waals surface area contributed by atoms with Gasteiger partial charge in [-0.2, -0.15) is 0 Å². The smallest absolute Gasteiger partial charge is 0.119 e. The van der Waals surface area contributed by atoms with Crippen molar-refractivity contribution < 1.29 is 9.84 Å². The molecule has 134 valence electrons. The quantitative estimate of drug-likeness (QED) is 0.698. The van der Waals surface area contributed by atoms with E-state index in [1.54, 1.807) is 0 Å². The fourth-order valence-corrected chi connectivity index (χ4v) is 2.82. The van der Waals surface area contributed by atoms with Crippen molar-refractivity contribution in [2.75, 3.05) is 20.2 Å². The van der Waals surface area contributed by atoms with Crippen molar-refractivity contribution in [1.29, 1.82) is 0 Å². The second kappa shape index (κ2) is 8.99. The van der Waals surface area contributed by atoms with Crippen molar-refractivity contribution >= 4 is 0 Å². The van der Waals surface area contributed by atoms with E-state index in [0.29, 0.717) is 13.2 Å². The van der Waals surface area contributed by atoms with Crippen LogP contribution >= 0.6 is 0 Å². The van der Waals surface area contributed by atoms with E-state index in [1.165, 1.54) is 24.0 Å². The molecule has 4 heteroatoms. The Morgan fingerprint density at radius 2 is 1.80 bits per heavy atom. The molecule has 1 aliphatic carbocycles. The van der Waals surface area contributed by atoms with Gasteiger partial charge in [0, 0.05) is 25.7 Å². The standard InChI is InChI=1S/C21H28N2O2/c1-23(14-18-5-3-2-4-6-18)15-20(24)16-25-21-11-7-17(8-12-21)13-22-19-9-10-19/h2-8,11-12,19-20,22,24H,9-10,13-16H2,1H3/t20-/m0/s1. The predicted octanol–water partition coefficient (Wildman–Crippen LogP) is 2.81. The molecular formula is C21H28N2O2. The summed E-state index contributed by atoms with van der Waals surface area (Å²) in [4.78, 5) is 2.11. The second-order valence-corrected chi connectivity index (χ2v) is 6.95. The monoisotopic (exact) mass is 340 g/mol. The minimum absolute atomic E-state index is 0.304. The fourth-order valence-electron chi connectivity index (χ4n) is 2.82. The van der Waals surface area contributed by atoms with Gasteiger partial charge in [-0.05, 0) is 43.1 Å². The van der Waals surface area contributed by atoms with E-state index >= 15 is 0 Å². The van der Waals surface area contributed by atoms with Crippen molar-refractivity contribution in [3.8, 4) is 5.75 Å². The van der Waals surface area contributed by atoms with E-state index < -0.39 is 6.10 Å². The Morgan fingerprint density at radius 3 is 2.48 bits per heavy atom. The first-order valence-electron chi connectivity index (χ1n) is 9.05. The Kier molecular flexibility index (Phi) is 6.45. The molecule has 1 atom stereocenters. The number of nitrogens with one attached hydrogen (secondary N) is 1. The lowest BCUT2D eigenvalue weighted by molar-refractivity contribution is 0.0744. The Labute approximate surface area is 150 Å². The Morgan fingerprint density at radius 1 is 1.08 bits per heavy atom.